The lowest BCUT2D eigenvalue weighted by Crippen LogP contribution is -2.71. The van der Waals surface area contributed by atoms with Gasteiger partial charge in [0.05, 0.1) is 32.0 Å². The van der Waals surface area contributed by atoms with Crippen molar-refractivity contribution < 1.29 is 93.9 Å². The number of rotatable bonds is 18. The summed E-state index contributed by atoms with van der Waals surface area (Å²) in [5.41, 5.74) is 5.51. The zero-order valence-corrected chi connectivity index (χ0v) is 28.7. The first-order valence-electron chi connectivity index (χ1n) is 16.9. The summed E-state index contributed by atoms with van der Waals surface area (Å²) >= 11 is 0. The van der Waals surface area contributed by atoms with E-state index in [1.165, 1.54) is 6.92 Å². The Bertz CT molecular complexity index is 1160. The highest BCUT2D eigenvalue weighted by Gasteiger charge is 2.60. The first-order chi connectivity index (χ1) is 24.5. The third-order valence-corrected chi connectivity index (χ3v) is 8.98. The molecule has 0 radical (unpaired) electrons. The lowest BCUT2D eigenvalue weighted by atomic mass is 9.88. The van der Waals surface area contributed by atoms with E-state index in [2.05, 4.69) is 10.6 Å². The Hall–Kier alpha value is -2.23. The van der Waals surface area contributed by atoms with E-state index in [1.54, 1.807) is 0 Å². The van der Waals surface area contributed by atoms with Crippen LogP contribution in [0.4, 0.5) is 0 Å². The Balaban J connectivity index is 1.84. The normalized spacial score (nSPS) is 39.3. The van der Waals surface area contributed by atoms with Crippen LogP contribution in [0.2, 0.25) is 0 Å². The maximum atomic E-state index is 12.7. The summed E-state index contributed by atoms with van der Waals surface area (Å²) in [6, 6.07) is -2.78. The van der Waals surface area contributed by atoms with E-state index in [1.807, 2.05) is 0 Å². The van der Waals surface area contributed by atoms with Crippen LogP contribution in [0.3, 0.4) is 0 Å². The molecule has 3 fully saturated rings. The highest BCUT2D eigenvalue weighted by Crippen LogP contribution is 2.38. The number of carboxylic acid groups (broad SMARTS) is 1. The molecular formula is C30H53N3O19. The molecule has 52 heavy (non-hydrogen) atoms. The molecule has 0 saturated carbocycles. The van der Waals surface area contributed by atoms with E-state index in [9.17, 15) is 65.4 Å². The zero-order valence-electron chi connectivity index (χ0n) is 28.7. The van der Waals surface area contributed by atoms with Crippen LogP contribution in [0.1, 0.15) is 39.5 Å². The maximum Gasteiger partial charge on any atom is 0.364 e. The second-order valence-electron chi connectivity index (χ2n) is 12.9. The molecule has 0 spiro atoms. The number of hydrogen-bond donors (Lipinski definition) is 13. The molecule has 0 aliphatic carbocycles. The number of ether oxygens (including phenoxy) is 6. The summed E-state index contributed by atoms with van der Waals surface area (Å²) in [4.78, 5) is 36.5. The molecule has 0 aromatic carbocycles. The number of nitrogens with one attached hydrogen (secondary N) is 2. The molecule has 0 bridgehead atoms. The molecule has 3 rings (SSSR count). The minimum Gasteiger partial charge on any atom is -0.477 e. The summed E-state index contributed by atoms with van der Waals surface area (Å²) in [6.45, 7) is 0.0405. The van der Waals surface area contributed by atoms with Gasteiger partial charge in [-0.05, 0) is 25.8 Å². The molecule has 2 amide bonds. The van der Waals surface area contributed by atoms with Gasteiger partial charge in [0.1, 0.15) is 67.1 Å². The van der Waals surface area contributed by atoms with Gasteiger partial charge in [-0.3, -0.25) is 9.59 Å². The predicted molar refractivity (Wildman–Crippen MR) is 168 cm³/mol. The predicted octanol–water partition coefficient (Wildman–Crippen LogP) is -6.93. The second-order valence-corrected chi connectivity index (χ2v) is 12.9. The van der Waals surface area contributed by atoms with Crippen LogP contribution < -0.4 is 16.4 Å². The number of carboxylic acids is 1. The Labute approximate surface area is 298 Å². The van der Waals surface area contributed by atoms with E-state index in [0.717, 1.165) is 19.8 Å². The minimum absolute atomic E-state index is 0.154. The average Bonchev–Trinajstić information content (AvgIpc) is 3.09. The second kappa shape index (κ2) is 19.9. The standard InChI is InChI=1S/C30H53N3O19/c1-12(37)32-18-14(39)8-30(29(45)46,52-26(18)20(41)15(40)9-34)51-25-17(11-36)49-28(23(44)22(25)43)50-24-16(10-35)48-27(47-7-5-3-4-6-31)19(21(24)42)33-13(2)38/h14-28,34-36,39-44H,3-11,31H2,1-2H3,(H,32,37)(H,33,38)(H,45,46)/t14-,15+,16-,17+,18+,19+,20+,21+,22+,23+,24-,25+,26+,27+,28-,30-/m0/s1. The maximum absolute atomic E-state index is 12.7. The van der Waals surface area contributed by atoms with Gasteiger partial charge in [0.25, 0.3) is 5.79 Å². The fourth-order valence-electron chi connectivity index (χ4n) is 6.32. The van der Waals surface area contributed by atoms with Gasteiger partial charge in [-0.2, -0.15) is 0 Å². The van der Waals surface area contributed by atoms with Crippen LogP contribution in [0, 0.1) is 0 Å². The number of aliphatic carboxylic acids is 1. The largest absolute Gasteiger partial charge is 0.477 e. The highest BCUT2D eigenvalue weighted by atomic mass is 16.8. The van der Waals surface area contributed by atoms with Crippen LogP contribution in [-0.4, -0.2) is 199 Å². The smallest absolute Gasteiger partial charge is 0.364 e. The first-order valence-corrected chi connectivity index (χ1v) is 16.9. The van der Waals surface area contributed by atoms with Crippen molar-refractivity contribution in [1.29, 1.82) is 0 Å². The fourth-order valence-corrected chi connectivity index (χ4v) is 6.32. The Morgan fingerprint density at radius 2 is 1.44 bits per heavy atom. The molecular weight excluding hydrogens is 706 g/mol. The van der Waals surface area contributed by atoms with Crippen molar-refractivity contribution in [3.05, 3.63) is 0 Å². The van der Waals surface area contributed by atoms with Gasteiger partial charge in [-0.25, -0.2) is 4.79 Å². The highest BCUT2D eigenvalue weighted by molar-refractivity contribution is 5.76. The summed E-state index contributed by atoms with van der Waals surface area (Å²) in [5, 5.41) is 110. The lowest BCUT2D eigenvalue weighted by Gasteiger charge is -2.50. The lowest BCUT2D eigenvalue weighted by molar-refractivity contribution is -0.381. The van der Waals surface area contributed by atoms with Gasteiger partial charge < -0.3 is 95.9 Å². The van der Waals surface area contributed by atoms with Gasteiger partial charge in [-0.1, -0.05) is 0 Å². The third-order valence-electron chi connectivity index (χ3n) is 8.98. The quantitative estimate of drug-likeness (QED) is 0.0577. The Morgan fingerprint density at radius 1 is 0.846 bits per heavy atom. The molecule has 302 valence electrons. The van der Waals surface area contributed by atoms with Crippen LogP contribution in [0.5, 0.6) is 0 Å². The average molecular weight is 760 g/mol. The number of carbonyl (C=O) groups is 3. The summed E-state index contributed by atoms with van der Waals surface area (Å²) < 4.78 is 34.2. The molecule has 0 unspecified atom stereocenters. The van der Waals surface area contributed by atoms with Crippen LogP contribution in [-0.2, 0) is 42.8 Å². The molecule has 3 aliphatic rings. The first kappa shape index (κ1) is 44.2. The fraction of sp³-hybridized carbons (Fsp3) is 0.900. The number of nitrogens with two attached hydrogens (primary N) is 1. The van der Waals surface area contributed by atoms with Gasteiger partial charge in [-0.15, -0.1) is 0 Å². The van der Waals surface area contributed by atoms with Gasteiger partial charge in [0, 0.05) is 26.9 Å². The Kier molecular flexibility index (Phi) is 16.9. The van der Waals surface area contributed by atoms with Crippen LogP contribution in [0.25, 0.3) is 0 Å². The van der Waals surface area contributed by atoms with Crippen molar-refractivity contribution in [2.24, 2.45) is 5.73 Å². The number of aliphatic hydroxyl groups excluding tert-OH is 9. The molecule has 3 saturated heterocycles. The van der Waals surface area contributed by atoms with E-state index in [4.69, 9.17) is 34.2 Å². The summed E-state index contributed by atoms with van der Waals surface area (Å²) in [5.74, 6) is -6.24. The summed E-state index contributed by atoms with van der Waals surface area (Å²) in [6.07, 6.45) is -22.4. The van der Waals surface area contributed by atoms with Crippen LogP contribution >= 0.6 is 0 Å². The molecule has 16 atom stereocenters. The third kappa shape index (κ3) is 10.5. The number of carbonyl (C=O) groups excluding carboxylic acids is 2. The van der Waals surface area contributed by atoms with Gasteiger partial charge >= 0.3 is 5.97 Å². The number of amides is 2. The van der Waals surface area contributed by atoms with Gasteiger partial charge in [0.15, 0.2) is 12.6 Å². The molecule has 22 heteroatoms. The zero-order chi connectivity index (χ0) is 38.9. The van der Waals surface area contributed by atoms with E-state index in [-0.39, 0.29) is 6.61 Å². The minimum atomic E-state index is -2.98. The van der Waals surface area contributed by atoms with Crippen molar-refractivity contribution in [3.63, 3.8) is 0 Å². The summed E-state index contributed by atoms with van der Waals surface area (Å²) in [7, 11) is 0. The molecule has 0 aromatic rings. The van der Waals surface area contributed by atoms with E-state index < -0.39 is 142 Å². The SMILES string of the molecule is CC(=O)N[C@H]1[C@H](OCCCCCN)O[C@@H](CO)[C@H](O[C@@H]2O[C@H](CO)[C@@H](O[C@@]3(C(=O)O)C[C@H](O)[C@@H](NC(C)=O)[C@H]([C@H](O)[C@H](O)CO)O3)[C@H](O)[C@H]2O)[C@@H]1O. The molecule has 22 nitrogen and oxygen atoms in total. The number of hydrogen-bond acceptors (Lipinski definition) is 19. The number of unbranched alkanes of at least 4 members (excludes halogenated alkanes) is 2. The Morgan fingerprint density at radius 3 is 2.00 bits per heavy atom. The van der Waals surface area contributed by atoms with E-state index in [0.29, 0.717) is 13.0 Å². The molecule has 3 heterocycles. The van der Waals surface area contributed by atoms with Crippen molar-refractivity contribution in [1.82, 2.24) is 10.6 Å². The van der Waals surface area contributed by atoms with E-state index >= 15 is 0 Å². The van der Waals surface area contributed by atoms with Gasteiger partial charge in [0.2, 0.25) is 11.8 Å². The molecule has 0 aromatic heterocycles. The van der Waals surface area contributed by atoms with Crippen molar-refractivity contribution in [3.8, 4) is 0 Å². The number of aliphatic hydroxyl groups is 9. The molecule has 14 N–H and O–H groups in total. The topological polar surface area (TPSA) is 359 Å². The van der Waals surface area contributed by atoms with Crippen molar-refractivity contribution >= 4 is 17.8 Å². The molecule has 3 aliphatic heterocycles. The monoisotopic (exact) mass is 759 g/mol. The van der Waals surface area contributed by atoms with Crippen LogP contribution in [0.15, 0.2) is 0 Å². The van der Waals surface area contributed by atoms with Crippen molar-refractivity contribution in [2.45, 2.75) is 137 Å². The van der Waals surface area contributed by atoms with Crippen molar-refractivity contribution in [2.75, 3.05) is 33.0 Å².